The van der Waals surface area contributed by atoms with Gasteiger partial charge in [0.25, 0.3) is 0 Å². The van der Waals surface area contributed by atoms with Crippen molar-refractivity contribution >= 4 is 43.4 Å². The van der Waals surface area contributed by atoms with E-state index in [1.54, 1.807) is 6.92 Å². The number of hydrogen-bond donors (Lipinski definition) is 0. The van der Waals surface area contributed by atoms with Crippen LogP contribution >= 0.6 is 31.9 Å². The Morgan fingerprint density at radius 3 is 1.58 bits per heavy atom. The molecule has 0 aliphatic carbocycles. The average Bonchev–Trinajstić information content (AvgIpc) is 2.58. The fourth-order valence-corrected chi connectivity index (χ4v) is 2.76. The van der Waals surface area contributed by atoms with E-state index in [9.17, 15) is 4.79 Å². The molecule has 0 aliphatic heterocycles. The molecule has 0 spiro atoms. The van der Waals surface area contributed by atoms with Crippen molar-refractivity contribution in [3.63, 3.8) is 0 Å². The summed E-state index contributed by atoms with van der Waals surface area (Å²) in [4.78, 5) is 12.4. The topological polar surface area (TPSA) is 35.5 Å². The van der Waals surface area contributed by atoms with E-state index < -0.39 is 5.97 Å². The molecule has 0 amide bonds. The molecule has 0 bridgehead atoms. The highest BCUT2D eigenvalue weighted by Gasteiger charge is 2.21. The summed E-state index contributed by atoms with van der Waals surface area (Å²) in [5, 5.41) is 0. The number of benzene rings is 2. The van der Waals surface area contributed by atoms with Crippen LogP contribution in [0.4, 0.5) is 0 Å². The molecular formula is C19H18Br2O3. The molecule has 2 aromatic carbocycles. The second kappa shape index (κ2) is 9.04. The zero-order chi connectivity index (χ0) is 17.5. The summed E-state index contributed by atoms with van der Waals surface area (Å²) in [6.45, 7) is 4.30. The van der Waals surface area contributed by atoms with Crippen LogP contribution in [-0.2, 0) is 14.3 Å². The summed E-state index contributed by atoms with van der Waals surface area (Å²) in [7, 11) is 0. The lowest BCUT2D eigenvalue weighted by molar-refractivity contribution is -0.142. The van der Waals surface area contributed by atoms with Gasteiger partial charge in [-0.05, 0) is 49.2 Å². The Hall–Kier alpha value is -1.59. The van der Waals surface area contributed by atoms with Crippen LogP contribution in [0.15, 0.2) is 63.2 Å². The van der Waals surface area contributed by atoms with Crippen LogP contribution in [0.3, 0.4) is 0 Å². The number of esters is 1. The number of hydrogen-bond acceptors (Lipinski definition) is 3. The van der Waals surface area contributed by atoms with E-state index in [0.717, 1.165) is 25.6 Å². The maximum Gasteiger partial charge on any atom is 0.374 e. The second-order valence-electron chi connectivity index (χ2n) is 4.87. The third-order valence-electron chi connectivity index (χ3n) is 3.24. The number of carbonyl (C=O) groups is 1. The third-order valence-corrected chi connectivity index (χ3v) is 4.30. The predicted octanol–water partition coefficient (Wildman–Crippen LogP) is 5.57. The third kappa shape index (κ3) is 4.71. The molecule has 2 rings (SSSR count). The monoisotopic (exact) mass is 452 g/mol. The van der Waals surface area contributed by atoms with Gasteiger partial charge in [-0.1, -0.05) is 56.1 Å². The molecule has 126 valence electrons. The largest absolute Gasteiger partial charge is 0.486 e. The Kier molecular flexibility index (Phi) is 7.06. The van der Waals surface area contributed by atoms with Gasteiger partial charge in [0.1, 0.15) is 0 Å². The van der Waals surface area contributed by atoms with Crippen molar-refractivity contribution in [3.05, 3.63) is 74.4 Å². The summed E-state index contributed by atoms with van der Waals surface area (Å²) in [5.74, 6) is -0.232. The Balaban J connectivity index is 2.66. The normalized spacial score (nSPS) is 10.2. The van der Waals surface area contributed by atoms with Gasteiger partial charge in [-0.2, -0.15) is 0 Å². The number of ether oxygens (including phenoxy) is 2. The SMILES string of the molecule is CCOC(=O)C(OCC)=C(c1ccc(Br)cc1)c1ccc(Br)cc1. The van der Waals surface area contributed by atoms with E-state index >= 15 is 0 Å². The molecule has 0 atom stereocenters. The highest BCUT2D eigenvalue weighted by atomic mass is 79.9. The molecule has 0 fully saturated rings. The van der Waals surface area contributed by atoms with Crippen molar-refractivity contribution in [2.45, 2.75) is 13.8 Å². The van der Waals surface area contributed by atoms with E-state index in [1.165, 1.54) is 0 Å². The summed E-state index contributed by atoms with van der Waals surface area (Å²) < 4.78 is 12.8. The molecule has 2 aromatic rings. The second-order valence-corrected chi connectivity index (χ2v) is 6.70. The van der Waals surface area contributed by atoms with Gasteiger partial charge in [0.2, 0.25) is 5.76 Å². The van der Waals surface area contributed by atoms with E-state index in [1.807, 2.05) is 55.5 Å². The Morgan fingerprint density at radius 2 is 1.21 bits per heavy atom. The quantitative estimate of drug-likeness (QED) is 0.325. The molecule has 0 unspecified atom stereocenters. The van der Waals surface area contributed by atoms with Gasteiger partial charge >= 0.3 is 5.97 Å². The summed E-state index contributed by atoms with van der Waals surface area (Å²) >= 11 is 6.87. The van der Waals surface area contributed by atoms with Gasteiger partial charge in [0, 0.05) is 14.5 Å². The molecule has 0 radical (unpaired) electrons. The first kappa shape index (κ1) is 18.7. The van der Waals surface area contributed by atoms with Crippen LogP contribution in [0, 0.1) is 0 Å². The van der Waals surface area contributed by atoms with Crippen molar-refractivity contribution in [2.24, 2.45) is 0 Å². The van der Waals surface area contributed by atoms with Crippen molar-refractivity contribution in [3.8, 4) is 0 Å². The van der Waals surface area contributed by atoms with Crippen LogP contribution in [0.2, 0.25) is 0 Å². The first-order valence-electron chi connectivity index (χ1n) is 7.62. The van der Waals surface area contributed by atoms with Crippen molar-refractivity contribution in [2.75, 3.05) is 13.2 Å². The Morgan fingerprint density at radius 1 is 0.792 bits per heavy atom. The predicted molar refractivity (Wildman–Crippen MR) is 103 cm³/mol. The lowest BCUT2D eigenvalue weighted by Crippen LogP contribution is -2.13. The first-order chi connectivity index (χ1) is 11.6. The standard InChI is InChI=1S/C19H18Br2O3/c1-3-23-18(19(22)24-4-2)17(13-5-9-15(20)10-6-13)14-7-11-16(21)12-8-14/h5-12H,3-4H2,1-2H3. The molecule has 0 aliphatic rings. The zero-order valence-corrected chi connectivity index (χ0v) is 16.7. The molecule has 24 heavy (non-hydrogen) atoms. The highest BCUT2D eigenvalue weighted by molar-refractivity contribution is 9.10. The van der Waals surface area contributed by atoms with Gasteiger partial charge < -0.3 is 9.47 Å². The van der Waals surface area contributed by atoms with Crippen molar-refractivity contribution in [1.29, 1.82) is 0 Å². The smallest absolute Gasteiger partial charge is 0.374 e. The van der Waals surface area contributed by atoms with Crippen LogP contribution in [0.25, 0.3) is 5.57 Å². The summed E-state index contributed by atoms with van der Waals surface area (Å²) in [6.07, 6.45) is 0. The van der Waals surface area contributed by atoms with Crippen LogP contribution in [-0.4, -0.2) is 19.2 Å². The molecule has 0 saturated carbocycles. The lowest BCUT2D eigenvalue weighted by Gasteiger charge is -2.16. The van der Waals surface area contributed by atoms with Crippen LogP contribution in [0.5, 0.6) is 0 Å². The molecule has 0 heterocycles. The minimum Gasteiger partial charge on any atom is -0.486 e. The maximum absolute atomic E-state index is 12.4. The molecule has 0 N–H and O–H groups in total. The fraction of sp³-hybridized carbons (Fsp3) is 0.211. The van der Waals surface area contributed by atoms with Crippen molar-refractivity contribution in [1.82, 2.24) is 0 Å². The van der Waals surface area contributed by atoms with Gasteiger partial charge in [-0.15, -0.1) is 0 Å². The van der Waals surface area contributed by atoms with E-state index in [0.29, 0.717) is 13.2 Å². The number of rotatable bonds is 6. The number of carbonyl (C=O) groups excluding carboxylic acids is 1. The van der Waals surface area contributed by atoms with Gasteiger partial charge in [0.15, 0.2) is 0 Å². The summed E-state index contributed by atoms with van der Waals surface area (Å²) in [5.41, 5.74) is 2.49. The highest BCUT2D eigenvalue weighted by Crippen LogP contribution is 2.30. The molecule has 5 heteroatoms. The van der Waals surface area contributed by atoms with E-state index in [-0.39, 0.29) is 5.76 Å². The minimum absolute atomic E-state index is 0.226. The minimum atomic E-state index is -0.458. The zero-order valence-electron chi connectivity index (χ0n) is 13.5. The van der Waals surface area contributed by atoms with Crippen LogP contribution in [0.1, 0.15) is 25.0 Å². The maximum atomic E-state index is 12.4. The first-order valence-corrected chi connectivity index (χ1v) is 9.21. The van der Waals surface area contributed by atoms with Gasteiger partial charge in [-0.25, -0.2) is 4.79 Å². The van der Waals surface area contributed by atoms with Crippen LogP contribution < -0.4 is 0 Å². The molecule has 0 aromatic heterocycles. The Labute approximate surface area is 158 Å². The average molecular weight is 454 g/mol. The number of halogens is 2. The van der Waals surface area contributed by atoms with Gasteiger partial charge in [0.05, 0.1) is 13.2 Å². The lowest BCUT2D eigenvalue weighted by atomic mass is 9.96. The fourth-order valence-electron chi connectivity index (χ4n) is 2.24. The van der Waals surface area contributed by atoms with Crippen molar-refractivity contribution < 1.29 is 14.3 Å². The van der Waals surface area contributed by atoms with E-state index in [2.05, 4.69) is 31.9 Å². The molecule has 0 saturated heterocycles. The van der Waals surface area contributed by atoms with Gasteiger partial charge in [-0.3, -0.25) is 0 Å². The Bertz CT molecular complexity index is 672. The molecule has 3 nitrogen and oxygen atoms in total. The molecular weight excluding hydrogens is 436 g/mol. The van der Waals surface area contributed by atoms with E-state index in [4.69, 9.17) is 9.47 Å². The summed E-state index contributed by atoms with van der Waals surface area (Å²) in [6, 6.07) is 15.5.